The smallest absolute Gasteiger partial charge is 0.0624 e. The van der Waals surface area contributed by atoms with Crippen LogP contribution in [0, 0.1) is 0 Å². The predicted molar refractivity (Wildman–Crippen MR) is 63.6 cm³/mol. The van der Waals surface area contributed by atoms with Crippen LogP contribution in [0.5, 0.6) is 0 Å². The van der Waals surface area contributed by atoms with Gasteiger partial charge >= 0.3 is 0 Å². The van der Waals surface area contributed by atoms with Gasteiger partial charge in [-0.3, -0.25) is 0 Å². The summed E-state index contributed by atoms with van der Waals surface area (Å²) in [7, 11) is 0. The minimum atomic E-state index is 0.0528. The Labute approximate surface area is 89.5 Å². The maximum Gasteiger partial charge on any atom is 0.0624 e. The lowest BCUT2D eigenvalue weighted by molar-refractivity contribution is -0.0175. The number of ether oxygens (including phenoxy) is 1. The fourth-order valence-electron chi connectivity index (χ4n) is 1.06. The molecular weight excluding hydrogens is 172 g/mol. The van der Waals surface area contributed by atoms with Gasteiger partial charge in [-0.2, -0.15) is 0 Å². The lowest BCUT2D eigenvalue weighted by Crippen LogP contribution is -2.23. The molecule has 14 heavy (non-hydrogen) atoms. The van der Waals surface area contributed by atoms with Gasteiger partial charge in [0.15, 0.2) is 0 Å². The normalized spacial score (nSPS) is 12.6. The summed E-state index contributed by atoms with van der Waals surface area (Å²) in [6.45, 7) is 9.53. The van der Waals surface area contributed by atoms with Crippen molar-refractivity contribution < 1.29 is 4.74 Å². The van der Waals surface area contributed by atoms with Crippen LogP contribution in [0.15, 0.2) is 12.2 Å². The molecule has 0 aromatic rings. The Balaban J connectivity index is 3.33. The van der Waals surface area contributed by atoms with E-state index in [1.165, 1.54) is 19.3 Å². The molecule has 1 heteroatoms. The molecule has 0 fully saturated rings. The Bertz CT molecular complexity index is 147. The second-order valence-electron chi connectivity index (χ2n) is 4.36. The van der Waals surface area contributed by atoms with Gasteiger partial charge < -0.3 is 4.74 Å². The number of hydrogen-bond acceptors (Lipinski definition) is 1. The fraction of sp³-hybridized carbons (Fsp3) is 0.846. The van der Waals surface area contributed by atoms with Crippen LogP contribution < -0.4 is 0 Å². The van der Waals surface area contributed by atoms with Gasteiger partial charge in [0.05, 0.1) is 12.2 Å². The van der Waals surface area contributed by atoms with Crippen molar-refractivity contribution in [1.82, 2.24) is 0 Å². The van der Waals surface area contributed by atoms with Crippen LogP contribution in [-0.2, 0) is 4.74 Å². The van der Waals surface area contributed by atoms with Gasteiger partial charge in [-0.05, 0) is 33.1 Å². The molecule has 84 valence electrons. The molecule has 0 saturated heterocycles. The lowest BCUT2D eigenvalue weighted by Gasteiger charge is -2.22. The molecule has 1 nitrogen and oxygen atoms in total. The zero-order chi connectivity index (χ0) is 10.9. The first-order valence-electron chi connectivity index (χ1n) is 5.91. The third-order valence-electron chi connectivity index (χ3n) is 2.52. The summed E-state index contributed by atoms with van der Waals surface area (Å²) in [5, 5.41) is 0. The van der Waals surface area contributed by atoms with E-state index in [-0.39, 0.29) is 5.60 Å². The third kappa shape index (κ3) is 8.31. The van der Waals surface area contributed by atoms with E-state index in [0.717, 1.165) is 19.4 Å². The highest BCUT2D eigenvalue weighted by Crippen LogP contribution is 2.13. The van der Waals surface area contributed by atoms with Crippen molar-refractivity contribution in [2.24, 2.45) is 0 Å². The third-order valence-corrected chi connectivity index (χ3v) is 2.52. The van der Waals surface area contributed by atoms with Crippen molar-refractivity contribution in [2.75, 3.05) is 6.61 Å². The van der Waals surface area contributed by atoms with E-state index >= 15 is 0 Å². The molecule has 0 aromatic heterocycles. The highest BCUT2D eigenvalue weighted by Gasteiger charge is 2.13. The van der Waals surface area contributed by atoms with E-state index in [0.29, 0.717) is 0 Å². The zero-order valence-corrected chi connectivity index (χ0v) is 10.3. The van der Waals surface area contributed by atoms with Crippen LogP contribution >= 0.6 is 0 Å². The molecule has 0 spiro atoms. The molecule has 0 unspecified atom stereocenters. The summed E-state index contributed by atoms with van der Waals surface area (Å²) < 4.78 is 5.73. The molecule has 0 aromatic carbocycles. The van der Waals surface area contributed by atoms with E-state index in [1.54, 1.807) is 0 Å². The molecule has 0 aliphatic heterocycles. The molecule has 0 bridgehead atoms. The van der Waals surface area contributed by atoms with Gasteiger partial charge in [0.2, 0.25) is 0 Å². The van der Waals surface area contributed by atoms with E-state index < -0.39 is 0 Å². The van der Waals surface area contributed by atoms with E-state index in [1.807, 2.05) is 0 Å². The maximum atomic E-state index is 5.73. The molecule has 0 rings (SSSR count). The summed E-state index contributed by atoms with van der Waals surface area (Å²) >= 11 is 0. The standard InChI is InChI=1S/C13H26O/c1-5-7-8-9-10-11-12-14-13(3,4)6-2/h9-10H,5-8,11-12H2,1-4H3/b10-9-. The highest BCUT2D eigenvalue weighted by atomic mass is 16.5. The Morgan fingerprint density at radius 3 is 2.29 bits per heavy atom. The summed E-state index contributed by atoms with van der Waals surface area (Å²) in [6, 6.07) is 0. The maximum absolute atomic E-state index is 5.73. The first-order valence-corrected chi connectivity index (χ1v) is 5.91. The van der Waals surface area contributed by atoms with Crippen molar-refractivity contribution in [2.45, 2.75) is 65.4 Å². The second kappa shape index (κ2) is 8.05. The van der Waals surface area contributed by atoms with Gasteiger partial charge in [-0.15, -0.1) is 0 Å². The lowest BCUT2D eigenvalue weighted by atomic mass is 10.1. The quantitative estimate of drug-likeness (QED) is 0.417. The summed E-state index contributed by atoms with van der Waals surface area (Å²) in [5.74, 6) is 0. The van der Waals surface area contributed by atoms with Crippen molar-refractivity contribution in [3.63, 3.8) is 0 Å². The SMILES string of the molecule is CCCC/C=C\CCOC(C)(C)CC. The largest absolute Gasteiger partial charge is 0.375 e. The van der Waals surface area contributed by atoms with Gasteiger partial charge in [0.25, 0.3) is 0 Å². The average molecular weight is 198 g/mol. The average Bonchev–Trinajstić information content (AvgIpc) is 2.16. The van der Waals surface area contributed by atoms with Gasteiger partial charge in [0.1, 0.15) is 0 Å². The minimum Gasteiger partial charge on any atom is -0.375 e. The van der Waals surface area contributed by atoms with Gasteiger partial charge in [-0.25, -0.2) is 0 Å². The number of unbranched alkanes of at least 4 members (excludes halogenated alkanes) is 2. The molecule has 0 atom stereocenters. The first kappa shape index (κ1) is 13.7. The van der Waals surface area contributed by atoms with E-state index in [4.69, 9.17) is 4.74 Å². The van der Waals surface area contributed by atoms with Crippen LogP contribution in [0.25, 0.3) is 0 Å². The monoisotopic (exact) mass is 198 g/mol. The minimum absolute atomic E-state index is 0.0528. The summed E-state index contributed by atoms with van der Waals surface area (Å²) in [4.78, 5) is 0. The van der Waals surface area contributed by atoms with Gasteiger partial charge in [0, 0.05) is 0 Å². The second-order valence-corrected chi connectivity index (χ2v) is 4.36. The molecule has 0 aliphatic carbocycles. The van der Waals surface area contributed by atoms with Crippen molar-refractivity contribution in [1.29, 1.82) is 0 Å². The van der Waals surface area contributed by atoms with E-state index in [2.05, 4.69) is 39.8 Å². The molecule has 0 amide bonds. The molecule has 0 N–H and O–H groups in total. The fourth-order valence-corrected chi connectivity index (χ4v) is 1.06. The Hall–Kier alpha value is -0.300. The predicted octanol–water partition coefficient (Wildman–Crippen LogP) is 4.33. The molecule has 0 saturated carbocycles. The van der Waals surface area contributed by atoms with Crippen molar-refractivity contribution in [3.8, 4) is 0 Å². The topological polar surface area (TPSA) is 9.23 Å². The van der Waals surface area contributed by atoms with Crippen LogP contribution in [-0.4, -0.2) is 12.2 Å². The number of rotatable bonds is 8. The number of hydrogen-bond donors (Lipinski definition) is 0. The summed E-state index contributed by atoms with van der Waals surface area (Å²) in [5.41, 5.74) is 0.0528. The van der Waals surface area contributed by atoms with Crippen LogP contribution in [0.2, 0.25) is 0 Å². The van der Waals surface area contributed by atoms with Crippen LogP contribution in [0.1, 0.15) is 59.8 Å². The summed E-state index contributed by atoms with van der Waals surface area (Å²) in [6.07, 6.45) is 10.4. The van der Waals surface area contributed by atoms with Crippen LogP contribution in [0.3, 0.4) is 0 Å². The van der Waals surface area contributed by atoms with E-state index in [9.17, 15) is 0 Å². The molecule has 0 radical (unpaired) electrons. The Morgan fingerprint density at radius 2 is 1.71 bits per heavy atom. The first-order chi connectivity index (χ1) is 6.62. The molecular formula is C13H26O. The van der Waals surface area contributed by atoms with Crippen LogP contribution in [0.4, 0.5) is 0 Å². The van der Waals surface area contributed by atoms with Gasteiger partial charge in [-0.1, -0.05) is 38.8 Å². The molecule has 0 heterocycles. The molecule has 0 aliphatic rings. The zero-order valence-electron chi connectivity index (χ0n) is 10.3. The Kier molecular flexibility index (Phi) is 7.87. The van der Waals surface area contributed by atoms with Crippen molar-refractivity contribution in [3.05, 3.63) is 12.2 Å². The Morgan fingerprint density at radius 1 is 1.07 bits per heavy atom. The highest BCUT2D eigenvalue weighted by molar-refractivity contribution is 4.81. The van der Waals surface area contributed by atoms with Crippen molar-refractivity contribution >= 4 is 0 Å². The number of allylic oxidation sites excluding steroid dienone is 1.